The van der Waals surface area contributed by atoms with Crippen molar-refractivity contribution in [3.05, 3.63) is 0 Å². The molecular weight excluding hydrogens is 396 g/mol. The van der Waals surface area contributed by atoms with Gasteiger partial charge in [0.1, 0.15) is 0 Å². The third-order valence-corrected chi connectivity index (χ3v) is 5.26. The first-order valence-corrected chi connectivity index (χ1v) is 12.1. The summed E-state index contributed by atoms with van der Waals surface area (Å²) in [4.78, 5) is 38.0. The zero-order valence-electron chi connectivity index (χ0n) is 20.2. The molecule has 0 aliphatic carbocycles. The number of ether oxygens (including phenoxy) is 2. The van der Waals surface area contributed by atoms with Gasteiger partial charge < -0.3 is 14.4 Å². The molecule has 0 N–H and O–H groups in total. The first kappa shape index (κ1) is 29.4. The van der Waals surface area contributed by atoms with Crippen molar-refractivity contribution in [3.8, 4) is 0 Å². The number of hydrogen-bond acceptors (Lipinski definition) is 6. The van der Waals surface area contributed by atoms with E-state index in [1.165, 1.54) is 56.3 Å². The summed E-state index contributed by atoms with van der Waals surface area (Å²) in [5, 5.41) is 0. The number of hydrogen-bond donors (Lipinski definition) is 0. The third-order valence-electron chi connectivity index (χ3n) is 5.26. The summed E-state index contributed by atoms with van der Waals surface area (Å²) < 4.78 is 9.91. The van der Waals surface area contributed by atoms with Crippen molar-refractivity contribution in [1.82, 2.24) is 9.80 Å². The molecule has 0 aromatic carbocycles. The Bertz CT molecular complexity index is 457. The van der Waals surface area contributed by atoms with Crippen LogP contribution in [-0.2, 0) is 23.9 Å². The molecular formula is C24H46N2O5. The number of amides is 1. The van der Waals surface area contributed by atoms with Crippen molar-refractivity contribution in [2.75, 3.05) is 34.1 Å². The van der Waals surface area contributed by atoms with Gasteiger partial charge in [-0.3, -0.25) is 19.3 Å². The number of rotatable bonds is 22. The van der Waals surface area contributed by atoms with E-state index in [9.17, 15) is 14.4 Å². The maximum absolute atomic E-state index is 12.3. The second-order valence-electron chi connectivity index (χ2n) is 8.52. The van der Waals surface area contributed by atoms with Crippen LogP contribution in [0.5, 0.6) is 0 Å². The van der Waals surface area contributed by atoms with Crippen LogP contribution >= 0.6 is 0 Å². The fourth-order valence-corrected chi connectivity index (χ4v) is 3.32. The van der Waals surface area contributed by atoms with Gasteiger partial charge >= 0.3 is 5.97 Å². The molecule has 0 rings (SSSR count). The van der Waals surface area contributed by atoms with E-state index in [1.54, 1.807) is 0 Å². The molecule has 0 radical (unpaired) electrons. The second-order valence-corrected chi connectivity index (χ2v) is 8.52. The molecule has 7 nitrogen and oxygen atoms in total. The van der Waals surface area contributed by atoms with Gasteiger partial charge in [0, 0.05) is 12.8 Å². The summed E-state index contributed by atoms with van der Waals surface area (Å²) in [5.74, 6) is -0.490. The molecule has 0 saturated heterocycles. The van der Waals surface area contributed by atoms with Crippen LogP contribution in [0.25, 0.3) is 0 Å². The molecule has 182 valence electrons. The minimum Gasteiger partial charge on any atom is -0.446 e. The molecule has 0 unspecified atom stereocenters. The maximum Gasteiger partial charge on any atom is 0.307 e. The molecule has 0 aliphatic heterocycles. The average Bonchev–Trinajstić information content (AvgIpc) is 2.74. The average molecular weight is 443 g/mol. The van der Waals surface area contributed by atoms with Crippen molar-refractivity contribution in [2.24, 2.45) is 0 Å². The summed E-state index contributed by atoms with van der Waals surface area (Å²) in [6.45, 7) is 3.08. The molecule has 0 saturated carbocycles. The van der Waals surface area contributed by atoms with Crippen LogP contribution in [-0.4, -0.2) is 62.3 Å². The number of esters is 1. The zero-order chi connectivity index (χ0) is 23.2. The van der Waals surface area contributed by atoms with E-state index in [4.69, 9.17) is 9.47 Å². The van der Waals surface area contributed by atoms with Crippen LogP contribution in [0, 0.1) is 0 Å². The molecule has 0 aromatic rings. The normalized spacial score (nSPS) is 10.8. The van der Waals surface area contributed by atoms with E-state index in [2.05, 4.69) is 11.8 Å². The van der Waals surface area contributed by atoms with Gasteiger partial charge in [-0.2, -0.15) is 0 Å². The Morgan fingerprint density at radius 2 is 1.29 bits per heavy atom. The Labute approximate surface area is 189 Å². The minimum absolute atomic E-state index is 0.169. The van der Waals surface area contributed by atoms with Crippen LogP contribution < -0.4 is 0 Å². The van der Waals surface area contributed by atoms with Gasteiger partial charge in [0.05, 0.1) is 0 Å². The predicted octanol–water partition coefficient (Wildman–Crippen LogP) is 4.88. The Balaban J connectivity index is 3.84. The lowest BCUT2D eigenvalue weighted by molar-refractivity contribution is -0.159. The molecule has 31 heavy (non-hydrogen) atoms. The van der Waals surface area contributed by atoms with Crippen molar-refractivity contribution in [2.45, 2.75) is 103 Å². The molecule has 0 atom stereocenters. The van der Waals surface area contributed by atoms with E-state index in [0.29, 0.717) is 19.3 Å². The van der Waals surface area contributed by atoms with Gasteiger partial charge in [-0.25, -0.2) is 0 Å². The second kappa shape index (κ2) is 21.6. The minimum atomic E-state index is -0.313. The fraction of sp³-hybridized carbons (Fsp3) is 0.875. The van der Waals surface area contributed by atoms with Gasteiger partial charge in [-0.1, -0.05) is 71.1 Å². The van der Waals surface area contributed by atoms with Gasteiger partial charge in [-0.15, -0.1) is 0 Å². The van der Waals surface area contributed by atoms with Gasteiger partial charge in [0.2, 0.25) is 5.91 Å². The standard InChI is InChI=1S/C24H46N2O5/c1-4-5-6-7-8-9-10-11-12-13-14-18-24(29)31-21-26(20-30-22-27)23(28)17-15-16-19-25(2)3/h22H,4-21H2,1-3H3. The zero-order valence-corrected chi connectivity index (χ0v) is 20.2. The van der Waals surface area contributed by atoms with Gasteiger partial charge in [-0.05, 0) is 39.9 Å². The number of carbonyl (C=O) groups excluding carboxylic acids is 3. The van der Waals surface area contributed by atoms with E-state index in [1.807, 2.05) is 14.1 Å². The smallest absolute Gasteiger partial charge is 0.307 e. The highest BCUT2D eigenvalue weighted by molar-refractivity contribution is 5.76. The lowest BCUT2D eigenvalue weighted by Crippen LogP contribution is -2.36. The monoisotopic (exact) mass is 442 g/mol. The number of unbranched alkanes of at least 4 members (excludes halogenated alkanes) is 11. The molecule has 0 spiro atoms. The largest absolute Gasteiger partial charge is 0.446 e. The van der Waals surface area contributed by atoms with Crippen molar-refractivity contribution >= 4 is 18.3 Å². The topological polar surface area (TPSA) is 76.1 Å². The Hall–Kier alpha value is -1.63. The molecule has 0 bridgehead atoms. The Kier molecular flexibility index (Phi) is 20.5. The lowest BCUT2D eigenvalue weighted by atomic mass is 10.1. The van der Waals surface area contributed by atoms with Crippen LogP contribution in [0.3, 0.4) is 0 Å². The summed E-state index contributed by atoms with van der Waals surface area (Å²) in [5.41, 5.74) is 0. The SMILES string of the molecule is CCCCCCCCCCCCCC(=O)OCN(COC=O)C(=O)CCCCN(C)C. The van der Waals surface area contributed by atoms with Crippen molar-refractivity contribution in [3.63, 3.8) is 0 Å². The summed E-state index contributed by atoms with van der Waals surface area (Å²) in [7, 11) is 3.97. The molecule has 0 aromatic heterocycles. The highest BCUT2D eigenvalue weighted by Gasteiger charge is 2.15. The molecule has 0 fully saturated rings. The lowest BCUT2D eigenvalue weighted by Gasteiger charge is -2.21. The summed E-state index contributed by atoms with van der Waals surface area (Å²) in [6, 6.07) is 0. The fourth-order valence-electron chi connectivity index (χ4n) is 3.32. The first-order chi connectivity index (χ1) is 15.0. The Morgan fingerprint density at radius 3 is 1.84 bits per heavy atom. The first-order valence-electron chi connectivity index (χ1n) is 12.1. The van der Waals surface area contributed by atoms with E-state index in [-0.39, 0.29) is 25.3 Å². The van der Waals surface area contributed by atoms with E-state index >= 15 is 0 Å². The summed E-state index contributed by atoms with van der Waals surface area (Å²) >= 11 is 0. The molecule has 0 heterocycles. The quantitative estimate of drug-likeness (QED) is 0.103. The number of carbonyl (C=O) groups is 3. The van der Waals surface area contributed by atoms with E-state index in [0.717, 1.165) is 38.6 Å². The van der Waals surface area contributed by atoms with Gasteiger partial charge in [0.15, 0.2) is 13.5 Å². The third kappa shape index (κ3) is 20.0. The van der Waals surface area contributed by atoms with Crippen molar-refractivity contribution in [1.29, 1.82) is 0 Å². The molecule has 0 aliphatic rings. The van der Waals surface area contributed by atoms with Crippen LogP contribution in [0.15, 0.2) is 0 Å². The Morgan fingerprint density at radius 1 is 0.742 bits per heavy atom. The predicted molar refractivity (Wildman–Crippen MR) is 123 cm³/mol. The molecule has 7 heteroatoms. The van der Waals surface area contributed by atoms with Crippen LogP contribution in [0.4, 0.5) is 0 Å². The van der Waals surface area contributed by atoms with Crippen LogP contribution in [0.1, 0.15) is 103 Å². The summed E-state index contributed by atoms with van der Waals surface area (Å²) in [6.07, 6.45) is 15.8. The maximum atomic E-state index is 12.3. The van der Waals surface area contributed by atoms with Gasteiger partial charge in [0.25, 0.3) is 6.47 Å². The highest BCUT2D eigenvalue weighted by atomic mass is 16.6. The van der Waals surface area contributed by atoms with Crippen LogP contribution in [0.2, 0.25) is 0 Å². The molecule has 1 amide bonds. The number of nitrogens with zero attached hydrogens (tertiary/aromatic N) is 2. The van der Waals surface area contributed by atoms with Crippen molar-refractivity contribution < 1.29 is 23.9 Å². The van der Waals surface area contributed by atoms with E-state index < -0.39 is 0 Å². The highest BCUT2D eigenvalue weighted by Crippen LogP contribution is 2.12.